The molecule has 2 aromatic carbocycles. The molecule has 1 fully saturated rings. The summed E-state index contributed by atoms with van der Waals surface area (Å²) in [6.07, 6.45) is 0.384. The van der Waals surface area contributed by atoms with Crippen LogP contribution < -0.4 is 20.7 Å². The van der Waals surface area contributed by atoms with Gasteiger partial charge in [0.25, 0.3) is 5.91 Å². The van der Waals surface area contributed by atoms with E-state index < -0.39 is 71.2 Å². The van der Waals surface area contributed by atoms with Crippen molar-refractivity contribution in [1.82, 2.24) is 20.9 Å². The Bertz CT molecular complexity index is 1450. The lowest BCUT2D eigenvalue weighted by atomic mass is 9.95. The fourth-order valence-electron chi connectivity index (χ4n) is 4.75. The predicted octanol–water partition coefficient (Wildman–Crippen LogP) is 3.53. The lowest BCUT2D eigenvalue weighted by Crippen LogP contribution is -2.53. The molecule has 3 amide bonds. The monoisotopic (exact) mass is 590 g/mol. The number of ketones is 1. The summed E-state index contributed by atoms with van der Waals surface area (Å²) in [6, 6.07) is 6.37. The summed E-state index contributed by atoms with van der Waals surface area (Å²) in [7, 11) is 0. The number of nitrogens with one attached hydrogen (secondary N) is 4. The van der Waals surface area contributed by atoms with Gasteiger partial charge in [-0.25, -0.2) is 8.78 Å². The average Bonchev–Trinajstić information content (AvgIpc) is 3.56. The summed E-state index contributed by atoms with van der Waals surface area (Å²) < 4.78 is 60.1. The predicted molar refractivity (Wildman–Crippen MR) is 143 cm³/mol. The molecule has 0 spiro atoms. The summed E-state index contributed by atoms with van der Waals surface area (Å²) in [5.41, 5.74) is 0.937. The van der Waals surface area contributed by atoms with Gasteiger partial charge in [-0.3, -0.25) is 19.2 Å². The number of fused-ring (bicyclic) bond motifs is 1. The van der Waals surface area contributed by atoms with Gasteiger partial charge in [-0.05, 0) is 37.3 Å². The van der Waals surface area contributed by atoms with Gasteiger partial charge in [-0.1, -0.05) is 32.0 Å². The summed E-state index contributed by atoms with van der Waals surface area (Å²) in [4.78, 5) is 54.8. The Morgan fingerprint density at radius 1 is 1.00 bits per heavy atom. The number of para-hydroxylation sites is 1. The van der Waals surface area contributed by atoms with Crippen LogP contribution >= 0.6 is 0 Å². The molecule has 1 aliphatic heterocycles. The molecular formula is C29H30F4N4O5. The molecular weight excluding hydrogens is 560 g/mol. The van der Waals surface area contributed by atoms with Gasteiger partial charge in [-0.2, -0.15) is 8.78 Å². The van der Waals surface area contributed by atoms with Crippen molar-refractivity contribution in [3.05, 3.63) is 65.4 Å². The Morgan fingerprint density at radius 3 is 2.31 bits per heavy atom. The molecule has 0 aliphatic carbocycles. The smallest absolute Gasteiger partial charge is 0.268 e. The second kappa shape index (κ2) is 13.0. The third-order valence-corrected chi connectivity index (χ3v) is 6.92. The van der Waals surface area contributed by atoms with Gasteiger partial charge in [0, 0.05) is 29.4 Å². The lowest BCUT2D eigenvalue weighted by Gasteiger charge is -2.25. The van der Waals surface area contributed by atoms with E-state index in [0.717, 1.165) is 10.9 Å². The number of amides is 3. The van der Waals surface area contributed by atoms with E-state index in [1.165, 1.54) is 0 Å². The molecule has 0 radical (unpaired) electrons. The molecule has 3 unspecified atom stereocenters. The first-order chi connectivity index (χ1) is 19.9. The molecule has 0 bridgehead atoms. The van der Waals surface area contributed by atoms with Crippen LogP contribution in [0.5, 0.6) is 5.75 Å². The van der Waals surface area contributed by atoms with Crippen LogP contribution in [0.3, 0.4) is 0 Å². The van der Waals surface area contributed by atoms with E-state index in [-0.39, 0.29) is 36.4 Å². The largest absolute Gasteiger partial charge is 0.479 e. The van der Waals surface area contributed by atoms with E-state index in [4.69, 9.17) is 4.74 Å². The second-order valence-electron chi connectivity index (χ2n) is 10.6. The average molecular weight is 591 g/mol. The van der Waals surface area contributed by atoms with Crippen LogP contribution in [-0.4, -0.2) is 53.7 Å². The zero-order chi connectivity index (χ0) is 30.6. The fraction of sp³-hybridized carbons (Fsp3) is 0.379. The van der Waals surface area contributed by atoms with Crippen LogP contribution in [0, 0.1) is 35.1 Å². The molecule has 1 saturated heterocycles. The number of halogens is 4. The first-order valence-electron chi connectivity index (χ1n) is 13.4. The molecule has 1 aliphatic rings. The third-order valence-electron chi connectivity index (χ3n) is 6.92. The van der Waals surface area contributed by atoms with Gasteiger partial charge in [0.2, 0.25) is 23.4 Å². The summed E-state index contributed by atoms with van der Waals surface area (Å²) in [5, 5.41) is 8.61. The Hall–Kier alpha value is -4.42. The standard InChI is InChI=1S/C29H30F4N4O5/c1-14(2)9-21(37-29(41)22-10-15-5-3-4-6-19(15)35-22)28(40)36-20(11-16-7-8-34-27(16)39)23(38)13-42-26-24(32)17(30)12-18(31)25(26)33/h3-6,10,12,14,16,20-21,35H,7-9,11,13H2,1-2H3,(H,34,39)(H,36,40)(H,37,41). The molecule has 3 aromatic rings. The number of hydrogen-bond donors (Lipinski definition) is 4. The Labute approximate surface area is 238 Å². The number of aromatic amines is 1. The van der Waals surface area contributed by atoms with Crippen molar-refractivity contribution in [3.8, 4) is 5.75 Å². The minimum Gasteiger partial charge on any atom is -0.479 e. The molecule has 2 heterocycles. The lowest BCUT2D eigenvalue weighted by molar-refractivity contribution is -0.131. The minimum absolute atomic E-state index is 0.0000658. The molecule has 13 heteroatoms. The normalized spacial score (nSPS) is 16.3. The van der Waals surface area contributed by atoms with E-state index in [0.29, 0.717) is 13.0 Å². The molecule has 3 atom stereocenters. The zero-order valence-electron chi connectivity index (χ0n) is 22.9. The molecule has 0 saturated carbocycles. The van der Waals surface area contributed by atoms with Gasteiger partial charge in [0.1, 0.15) is 18.3 Å². The van der Waals surface area contributed by atoms with E-state index in [2.05, 4.69) is 20.9 Å². The molecule has 224 valence electrons. The Balaban J connectivity index is 1.51. The van der Waals surface area contributed by atoms with Crippen molar-refractivity contribution in [3.63, 3.8) is 0 Å². The van der Waals surface area contributed by atoms with Crippen LogP contribution in [-0.2, 0) is 14.4 Å². The highest BCUT2D eigenvalue weighted by Gasteiger charge is 2.34. The fourth-order valence-corrected chi connectivity index (χ4v) is 4.75. The maximum Gasteiger partial charge on any atom is 0.268 e. The van der Waals surface area contributed by atoms with Crippen molar-refractivity contribution in [2.75, 3.05) is 13.2 Å². The first-order valence-corrected chi connectivity index (χ1v) is 13.4. The van der Waals surface area contributed by atoms with Crippen molar-refractivity contribution in [1.29, 1.82) is 0 Å². The number of carbonyl (C=O) groups excluding carboxylic acids is 4. The van der Waals surface area contributed by atoms with Crippen LogP contribution in [0.1, 0.15) is 43.6 Å². The highest BCUT2D eigenvalue weighted by Crippen LogP contribution is 2.27. The summed E-state index contributed by atoms with van der Waals surface area (Å²) >= 11 is 0. The highest BCUT2D eigenvalue weighted by molar-refractivity contribution is 6.01. The van der Waals surface area contributed by atoms with Crippen molar-refractivity contribution in [2.24, 2.45) is 11.8 Å². The van der Waals surface area contributed by atoms with Crippen LogP contribution in [0.15, 0.2) is 36.4 Å². The second-order valence-corrected chi connectivity index (χ2v) is 10.6. The minimum atomic E-state index is -1.82. The quantitative estimate of drug-likeness (QED) is 0.190. The van der Waals surface area contributed by atoms with E-state index in [9.17, 15) is 36.7 Å². The number of rotatable bonds is 12. The Kier molecular flexibility index (Phi) is 9.48. The van der Waals surface area contributed by atoms with Crippen molar-refractivity contribution >= 4 is 34.4 Å². The van der Waals surface area contributed by atoms with Gasteiger partial charge >= 0.3 is 0 Å². The third kappa shape index (κ3) is 7.07. The van der Waals surface area contributed by atoms with Crippen molar-refractivity contribution < 1.29 is 41.5 Å². The van der Waals surface area contributed by atoms with E-state index in [1.54, 1.807) is 18.2 Å². The number of hydrogen-bond acceptors (Lipinski definition) is 5. The molecule has 9 nitrogen and oxygen atoms in total. The number of benzene rings is 2. The topological polar surface area (TPSA) is 129 Å². The maximum atomic E-state index is 14.1. The molecule has 1 aromatic heterocycles. The molecule has 42 heavy (non-hydrogen) atoms. The zero-order valence-corrected chi connectivity index (χ0v) is 22.9. The number of carbonyl (C=O) groups is 4. The SMILES string of the molecule is CC(C)CC(NC(=O)c1cc2ccccc2[nH]1)C(=O)NC(CC1CCNC1=O)C(=O)COc1c(F)c(F)cc(F)c1F. The summed E-state index contributed by atoms with van der Waals surface area (Å²) in [5.74, 6) is -11.8. The van der Waals surface area contributed by atoms with Gasteiger partial charge in [0.05, 0.1) is 6.04 Å². The summed E-state index contributed by atoms with van der Waals surface area (Å²) in [6.45, 7) is 2.95. The number of Topliss-reactive ketones (excluding diaryl/α,β-unsaturated/α-hetero) is 1. The molecule has 4 rings (SSSR count). The van der Waals surface area contributed by atoms with Crippen LogP contribution in [0.4, 0.5) is 17.6 Å². The highest BCUT2D eigenvalue weighted by atomic mass is 19.2. The van der Waals surface area contributed by atoms with Crippen LogP contribution in [0.25, 0.3) is 10.9 Å². The van der Waals surface area contributed by atoms with E-state index >= 15 is 0 Å². The molecule has 4 N–H and O–H groups in total. The van der Waals surface area contributed by atoms with Gasteiger partial charge in [-0.15, -0.1) is 0 Å². The van der Waals surface area contributed by atoms with Gasteiger partial charge < -0.3 is 25.7 Å². The number of H-pyrrole nitrogens is 1. The van der Waals surface area contributed by atoms with Crippen LogP contribution in [0.2, 0.25) is 0 Å². The van der Waals surface area contributed by atoms with E-state index in [1.807, 2.05) is 26.0 Å². The number of ether oxygens (including phenoxy) is 1. The van der Waals surface area contributed by atoms with Gasteiger partial charge in [0.15, 0.2) is 23.2 Å². The maximum absolute atomic E-state index is 14.1. The number of aromatic nitrogens is 1. The first kappa shape index (κ1) is 30.5. The Morgan fingerprint density at radius 2 is 1.69 bits per heavy atom. The van der Waals surface area contributed by atoms with Crippen molar-refractivity contribution in [2.45, 2.75) is 45.2 Å².